The summed E-state index contributed by atoms with van der Waals surface area (Å²) in [6, 6.07) is 6.74. The van der Waals surface area contributed by atoms with E-state index >= 15 is 0 Å². The molecule has 0 unspecified atom stereocenters. The standard InChI is InChI=1S/C15H23BrN2/c1-4-17-10-12-5-6-13(9-14(12)16)18-8-7-15(2,3)11-18/h5-6,9,17H,4,7-8,10-11H2,1-3H3. The first kappa shape index (κ1) is 13.9. The molecular formula is C15H23BrN2. The van der Waals surface area contributed by atoms with Crippen LogP contribution in [0.25, 0.3) is 0 Å². The Morgan fingerprint density at radius 2 is 2.17 bits per heavy atom. The van der Waals surface area contributed by atoms with Crippen LogP contribution in [0.1, 0.15) is 32.8 Å². The molecule has 1 fully saturated rings. The van der Waals surface area contributed by atoms with E-state index in [9.17, 15) is 0 Å². The third-order valence-electron chi connectivity index (χ3n) is 3.64. The van der Waals surface area contributed by atoms with Crippen molar-refractivity contribution in [1.82, 2.24) is 5.32 Å². The maximum absolute atomic E-state index is 3.69. The SMILES string of the molecule is CCNCc1ccc(N2CCC(C)(C)C2)cc1Br. The van der Waals surface area contributed by atoms with Crippen LogP contribution >= 0.6 is 15.9 Å². The first-order valence-electron chi connectivity index (χ1n) is 6.76. The van der Waals surface area contributed by atoms with Crippen molar-refractivity contribution in [2.45, 2.75) is 33.7 Å². The van der Waals surface area contributed by atoms with Gasteiger partial charge in [-0.25, -0.2) is 0 Å². The number of halogens is 1. The molecule has 2 rings (SSSR count). The molecule has 18 heavy (non-hydrogen) atoms. The van der Waals surface area contributed by atoms with Crippen LogP contribution in [-0.4, -0.2) is 19.6 Å². The lowest BCUT2D eigenvalue weighted by molar-refractivity contribution is 0.418. The van der Waals surface area contributed by atoms with Crippen LogP contribution in [-0.2, 0) is 6.54 Å². The van der Waals surface area contributed by atoms with E-state index in [0.29, 0.717) is 5.41 Å². The maximum Gasteiger partial charge on any atom is 0.0377 e. The van der Waals surface area contributed by atoms with Gasteiger partial charge in [0.1, 0.15) is 0 Å². The molecule has 1 aliphatic rings. The number of rotatable bonds is 4. The third kappa shape index (κ3) is 3.27. The first-order chi connectivity index (χ1) is 8.52. The number of benzene rings is 1. The average molecular weight is 311 g/mol. The lowest BCUT2D eigenvalue weighted by atomic mass is 9.93. The fraction of sp³-hybridized carbons (Fsp3) is 0.600. The third-order valence-corrected chi connectivity index (χ3v) is 4.38. The fourth-order valence-corrected chi connectivity index (χ4v) is 2.98. The molecule has 100 valence electrons. The van der Waals surface area contributed by atoms with Crippen LogP contribution in [0.15, 0.2) is 22.7 Å². The lowest BCUT2D eigenvalue weighted by Gasteiger charge is -2.22. The highest BCUT2D eigenvalue weighted by atomic mass is 79.9. The monoisotopic (exact) mass is 310 g/mol. The highest BCUT2D eigenvalue weighted by Crippen LogP contribution is 2.34. The highest BCUT2D eigenvalue weighted by Gasteiger charge is 2.29. The topological polar surface area (TPSA) is 15.3 Å². The van der Waals surface area contributed by atoms with E-state index in [1.54, 1.807) is 0 Å². The molecule has 3 heteroatoms. The molecule has 1 saturated heterocycles. The van der Waals surface area contributed by atoms with Gasteiger partial charge < -0.3 is 10.2 Å². The van der Waals surface area contributed by atoms with E-state index in [0.717, 1.165) is 19.6 Å². The molecule has 1 aromatic carbocycles. The summed E-state index contributed by atoms with van der Waals surface area (Å²) in [6.45, 7) is 11.1. The molecule has 0 spiro atoms. The molecule has 0 saturated carbocycles. The molecule has 1 aromatic rings. The molecule has 0 atom stereocenters. The van der Waals surface area contributed by atoms with Crippen molar-refractivity contribution in [3.05, 3.63) is 28.2 Å². The number of hydrogen-bond acceptors (Lipinski definition) is 2. The Morgan fingerprint density at radius 3 is 2.72 bits per heavy atom. The molecule has 0 aromatic heterocycles. The van der Waals surface area contributed by atoms with Crippen molar-refractivity contribution >= 4 is 21.6 Å². The van der Waals surface area contributed by atoms with E-state index in [1.165, 1.54) is 28.7 Å². The number of nitrogens with one attached hydrogen (secondary N) is 1. The Morgan fingerprint density at radius 1 is 1.39 bits per heavy atom. The highest BCUT2D eigenvalue weighted by molar-refractivity contribution is 9.10. The molecule has 0 bridgehead atoms. The van der Waals surface area contributed by atoms with Gasteiger partial charge in [0.15, 0.2) is 0 Å². The van der Waals surface area contributed by atoms with Gasteiger partial charge in [-0.15, -0.1) is 0 Å². The van der Waals surface area contributed by atoms with Crippen molar-refractivity contribution in [2.24, 2.45) is 5.41 Å². The van der Waals surface area contributed by atoms with Crippen molar-refractivity contribution in [1.29, 1.82) is 0 Å². The van der Waals surface area contributed by atoms with Crippen LogP contribution in [0.2, 0.25) is 0 Å². The number of anilines is 1. The van der Waals surface area contributed by atoms with E-state index in [-0.39, 0.29) is 0 Å². The largest absolute Gasteiger partial charge is 0.371 e. The molecule has 0 amide bonds. The summed E-state index contributed by atoms with van der Waals surface area (Å²) >= 11 is 3.69. The lowest BCUT2D eigenvalue weighted by Crippen LogP contribution is -2.22. The normalized spacial score (nSPS) is 18.3. The second-order valence-electron chi connectivity index (χ2n) is 5.89. The summed E-state index contributed by atoms with van der Waals surface area (Å²) in [7, 11) is 0. The summed E-state index contributed by atoms with van der Waals surface area (Å²) in [6.07, 6.45) is 1.28. The van der Waals surface area contributed by atoms with Crippen LogP contribution in [0.4, 0.5) is 5.69 Å². The Bertz CT molecular complexity index is 415. The van der Waals surface area contributed by atoms with Gasteiger partial charge in [0, 0.05) is 29.8 Å². The van der Waals surface area contributed by atoms with Crippen molar-refractivity contribution < 1.29 is 0 Å². The molecule has 1 heterocycles. The predicted molar refractivity (Wildman–Crippen MR) is 82.1 cm³/mol. The minimum Gasteiger partial charge on any atom is -0.371 e. The fourth-order valence-electron chi connectivity index (χ4n) is 2.47. The van der Waals surface area contributed by atoms with Crippen molar-refractivity contribution in [3.63, 3.8) is 0 Å². The van der Waals surface area contributed by atoms with E-state index in [1.807, 2.05) is 0 Å². The van der Waals surface area contributed by atoms with Gasteiger partial charge >= 0.3 is 0 Å². The summed E-state index contributed by atoms with van der Waals surface area (Å²) in [5.74, 6) is 0. The van der Waals surface area contributed by atoms with Gasteiger partial charge in [-0.2, -0.15) is 0 Å². The van der Waals surface area contributed by atoms with Gasteiger partial charge in [0.05, 0.1) is 0 Å². The number of nitrogens with zero attached hydrogens (tertiary/aromatic N) is 1. The zero-order valence-electron chi connectivity index (χ0n) is 11.6. The van der Waals surface area contributed by atoms with Crippen molar-refractivity contribution in [2.75, 3.05) is 24.5 Å². The maximum atomic E-state index is 3.69. The predicted octanol–water partition coefficient (Wildman–Crippen LogP) is 3.79. The average Bonchev–Trinajstić information content (AvgIpc) is 2.68. The molecule has 0 aliphatic carbocycles. The van der Waals surface area contributed by atoms with Gasteiger partial charge in [-0.05, 0) is 36.1 Å². The molecular weight excluding hydrogens is 288 g/mol. The smallest absolute Gasteiger partial charge is 0.0377 e. The molecule has 0 radical (unpaired) electrons. The van der Waals surface area contributed by atoms with E-state index in [2.05, 4.69) is 65.1 Å². The van der Waals surface area contributed by atoms with Gasteiger partial charge in [-0.1, -0.05) is 42.8 Å². The zero-order chi connectivity index (χ0) is 13.2. The first-order valence-corrected chi connectivity index (χ1v) is 7.55. The second-order valence-corrected chi connectivity index (χ2v) is 6.75. The summed E-state index contributed by atoms with van der Waals surface area (Å²) in [5.41, 5.74) is 3.13. The van der Waals surface area contributed by atoms with Crippen LogP contribution in [0.5, 0.6) is 0 Å². The zero-order valence-corrected chi connectivity index (χ0v) is 13.2. The summed E-state index contributed by atoms with van der Waals surface area (Å²) in [4.78, 5) is 2.49. The van der Waals surface area contributed by atoms with Crippen molar-refractivity contribution in [3.8, 4) is 0 Å². The Kier molecular flexibility index (Phi) is 4.33. The molecule has 1 aliphatic heterocycles. The Balaban J connectivity index is 2.09. The second kappa shape index (κ2) is 5.62. The Labute approximate surface area is 119 Å². The van der Waals surface area contributed by atoms with Crippen LogP contribution < -0.4 is 10.2 Å². The van der Waals surface area contributed by atoms with Gasteiger partial charge in [0.25, 0.3) is 0 Å². The minimum absolute atomic E-state index is 0.453. The quantitative estimate of drug-likeness (QED) is 0.910. The molecule has 1 N–H and O–H groups in total. The minimum atomic E-state index is 0.453. The summed E-state index contributed by atoms with van der Waals surface area (Å²) in [5, 5.41) is 3.36. The number of hydrogen-bond donors (Lipinski definition) is 1. The van der Waals surface area contributed by atoms with Crippen LogP contribution in [0.3, 0.4) is 0 Å². The van der Waals surface area contributed by atoms with E-state index in [4.69, 9.17) is 0 Å². The summed E-state index contributed by atoms with van der Waals surface area (Å²) < 4.78 is 1.21. The van der Waals surface area contributed by atoms with Gasteiger partial charge in [0.2, 0.25) is 0 Å². The molecule has 2 nitrogen and oxygen atoms in total. The van der Waals surface area contributed by atoms with Gasteiger partial charge in [-0.3, -0.25) is 0 Å². The van der Waals surface area contributed by atoms with Crippen LogP contribution in [0, 0.1) is 5.41 Å². The Hall–Kier alpha value is -0.540. The van der Waals surface area contributed by atoms with E-state index < -0.39 is 0 Å².